The summed E-state index contributed by atoms with van der Waals surface area (Å²) < 4.78 is 0. The number of urea groups is 1. The van der Waals surface area contributed by atoms with Gasteiger partial charge in [-0.25, -0.2) is 4.79 Å². The SMILES string of the molecule is C=C1CN(C(=O)[C@H](NC(=O)NCC(C)(C)O)C(C)C)CC[C@]1(O)c1ccc(Cl)cc1. The summed E-state index contributed by atoms with van der Waals surface area (Å²) in [6.45, 7) is 11.5. The Kier molecular flexibility index (Phi) is 7.55. The van der Waals surface area contributed by atoms with Crippen LogP contribution in [0.4, 0.5) is 4.79 Å². The number of nitrogens with one attached hydrogen (secondary N) is 2. The summed E-state index contributed by atoms with van der Waals surface area (Å²) >= 11 is 5.94. The third kappa shape index (κ3) is 5.97. The molecule has 0 radical (unpaired) electrons. The number of rotatable bonds is 6. The Labute approximate surface area is 183 Å². The molecule has 1 aliphatic heterocycles. The molecule has 2 atom stereocenters. The van der Waals surface area contributed by atoms with Crippen LogP contribution in [-0.2, 0) is 10.4 Å². The van der Waals surface area contributed by atoms with E-state index >= 15 is 0 Å². The molecule has 1 aromatic carbocycles. The number of amides is 3. The van der Waals surface area contributed by atoms with E-state index in [4.69, 9.17) is 11.6 Å². The molecule has 0 aliphatic carbocycles. The number of benzene rings is 1. The molecule has 0 spiro atoms. The molecule has 166 valence electrons. The number of carbonyl (C=O) groups is 2. The van der Waals surface area contributed by atoms with Crippen LogP contribution >= 0.6 is 11.6 Å². The lowest BCUT2D eigenvalue weighted by molar-refractivity contribution is -0.136. The molecule has 1 aliphatic rings. The van der Waals surface area contributed by atoms with Gasteiger partial charge in [0.15, 0.2) is 0 Å². The maximum absolute atomic E-state index is 13.1. The molecule has 1 heterocycles. The van der Waals surface area contributed by atoms with Crippen LogP contribution in [0.25, 0.3) is 0 Å². The number of hydrogen-bond acceptors (Lipinski definition) is 4. The van der Waals surface area contributed by atoms with Crippen LogP contribution in [-0.4, -0.2) is 58.3 Å². The normalized spacial score (nSPS) is 20.8. The number of likely N-dealkylation sites (tertiary alicyclic amines) is 1. The Hall–Kier alpha value is -2.09. The van der Waals surface area contributed by atoms with E-state index in [9.17, 15) is 19.8 Å². The minimum absolute atomic E-state index is 0.0620. The van der Waals surface area contributed by atoms with Crippen molar-refractivity contribution < 1.29 is 19.8 Å². The van der Waals surface area contributed by atoms with E-state index in [-0.39, 0.29) is 24.9 Å². The zero-order valence-corrected chi connectivity index (χ0v) is 18.8. The minimum atomic E-state index is -1.23. The van der Waals surface area contributed by atoms with Crippen LogP contribution in [0.3, 0.4) is 0 Å². The maximum atomic E-state index is 13.1. The molecule has 0 unspecified atom stereocenters. The molecule has 0 bridgehead atoms. The van der Waals surface area contributed by atoms with Gasteiger partial charge in [-0.05, 0) is 43.0 Å². The number of piperidine rings is 1. The summed E-state index contributed by atoms with van der Waals surface area (Å²) in [7, 11) is 0. The van der Waals surface area contributed by atoms with Crippen molar-refractivity contribution in [1.82, 2.24) is 15.5 Å². The Bertz CT molecular complexity index is 789. The molecular weight excluding hydrogens is 406 g/mol. The summed E-state index contributed by atoms with van der Waals surface area (Å²) in [6, 6.07) is 5.70. The topological polar surface area (TPSA) is 102 Å². The molecule has 0 aromatic heterocycles. The smallest absolute Gasteiger partial charge is 0.315 e. The van der Waals surface area contributed by atoms with Crippen molar-refractivity contribution in [2.75, 3.05) is 19.6 Å². The van der Waals surface area contributed by atoms with Crippen molar-refractivity contribution in [3.05, 3.63) is 47.0 Å². The van der Waals surface area contributed by atoms with E-state index in [1.165, 1.54) is 0 Å². The molecule has 4 N–H and O–H groups in total. The third-order valence-electron chi connectivity index (χ3n) is 5.24. The first-order valence-electron chi connectivity index (χ1n) is 10.1. The average molecular weight is 438 g/mol. The van der Waals surface area contributed by atoms with Gasteiger partial charge < -0.3 is 25.7 Å². The van der Waals surface area contributed by atoms with Gasteiger partial charge in [0, 0.05) is 31.1 Å². The number of hydrogen-bond donors (Lipinski definition) is 4. The van der Waals surface area contributed by atoms with Crippen molar-refractivity contribution >= 4 is 23.5 Å². The van der Waals surface area contributed by atoms with E-state index in [0.717, 1.165) is 0 Å². The van der Waals surface area contributed by atoms with E-state index < -0.39 is 23.3 Å². The van der Waals surface area contributed by atoms with Crippen LogP contribution in [0.1, 0.15) is 39.7 Å². The molecule has 30 heavy (non-hydrogen) atoms. The highest BCUT2D eigenvalue weighted by Gasteiger charge is 2.40. The number of aliphatic hydroxyl groups is 2. The van der Waals surface area contributed by atoms with Gasteiger partial charge in [-0.15, -0.1) is 0 Å². The molecule has 8 heteroatoms. The van der Waals surface area contributed by atoms with Crippen LogP contribution in [0.5, 0.6) is 0 Å². The third-order valence-corrected chi connectivity index (χ3v) is 5.50. The van der Waals surface area contributed by atoms with Crippen molar-refractivity contribution in [1.29, 1.82) is 0 Å². The second-order valence-corrected chi connectivity index (χ2v) is 9.28. The summed E-state index contributed by atoms with van der Waals surface area (Å²) in [5.41, 5.74) is -1.08. The maximum Gasteiger partial charge on any atom is 0.315 e. The largest absolute Gasteiger partial charge is 0.389 e. The van der Waals surface area contributed by atoms with Crippen molar-refractivity contribution in [2.45, 2.75) is 51.4 Å². The quantitative estimate of drug-likeness (QED) is 0.513. The number of carbonyl (C=O) groups excluding carboxylic acids is 2. The van der Waals surface area contributed by atoms with Crippen molar-refractivity contribution in [2.24, 2.45) is 5.92 Å². The van der Waals surface area contributed by atoms with E-state index in [1.54, 1.807) is 43.0 Å². The zero-order valence-electron chi connectivity index (χ0n) is 18.0. The highest BCUT2D eigenvalue weighted by atomic mass is 35.5. The Morgan fingerprint density at radius 1 is 1.30 bits per heavy atom. The van der Waals surface area contributed by atoms with Crippen LogP contribution < -0.4 is 10.6 Å². The molecule has 7 nitrogen and oxygen atoms in total. The molecule has 2 rings (SSSR count). The van der Waals surface area contributed by atoms with Gasteiger partial charge in [-0.3, -0.25) is 4.79 Å². The first-order chi connectivity index (χ1) is 13.8. The van der Waals surface area contributed by atoms with Crippen LogP contribution in [0.2, 0.25) is 5.02 Å². The fourth-order valence-corrected chi connectivity index (χ4v) is 3.50. The molecule has 1 saturated heterocycles. The molecule has 1 fully saturated rings. The first-order valence-corrected chi connectivity index (χ1v) is 10.4. The molecule has 1 aromatic rings. The van der Waals surface area contributed by atoms with E-state index in [0.29, 0.717) is 29.1 Å². The first kappa shape index (κ1) is 24.2. The van der Waals surface area contributed by atoms with Crippen LogP contribution in [0.15, 0.2) is 36.4 Å². The lowest BCUT2D eigenvalue weighted by atomic mass is 9.81. The van der Waals surface area contributed by atoms with Gasteiger partial charge in [0.2, 0.25) is 5.91 Å². The summed E-state index contributed by atoms with van der Waals surface area (Å²) in [6.07, 6.45) is 0.301. The molecule has 0 saturated carbocycles. The number of halogens is 1. The van der Waals surface area contributed by atoms with Crippen LogP contribution in [0, 0.1) is 5.92 Å². The fraction of sp³-hybridized carbons (Fsp3) is 0.545. The Morgan fingerprint density at radius 3 is 2.40 bits per heavy atom. The molecule has 3 amide bonds. The second kappa shape index (κ2) is 9.37. The minimum Gasteiger partial charge on any atom is -0.389 e. The lowest BCUT2D eigenvalue weighted by Crippen LogP contribution is -2.57. The summed E-state index contributed by atoms with van der Waals surface area (Å²) in [5, 5.41) is 26.8. The number of nitrogens with zero attached hydrogens (tertiary/aromatic N) is 1. The lowest BCUT2D eigenvalue weighted by Gasteiger charge is -2.42. The summed E-state index contributed by atoms with van der Waals surface area (Å²) in [5.74, 6) is -0.376. The Balaban J connectivity index is 2.06. The highest BCUT2D eigenvalue weighted by Crippen LogP contribution is 2.36. The highest BCUT2D eigenvalue weighted by molar-refractivity contribution is 6.30. The van der Waals surface area contributed by atoms with Gasteiger partial charge >= 0.3 is 6.03 Å². The van der Waals surface area contributed by atoms with E-state index in [1.807, 2.05) is 13.8 Å². The predicted octanol–water partition coefficient (Wildman–Crippen LogP) is 2.41. The van der Waals surface area contributed by atoms with Crippen molar-refractivity contribution in [3.8, 4) is 0 Å². The van der Waals surface area contributed by atoms with Crippen molar-refractivity contribution in [3.63, 3.8) is 0 Å². The average Bonchev–Trinajstić information content (AvgIpc) is 2.66. The second-order valence-electron chi connectivity index (χ2n) is 8.84. The standard InChI is InChI=1S/C22H32ClN3O4/c1-14(2)18(25-20(28)24-13-21(4,5)29)19(27)26-11-10-22(30,15(3)12-26)16-6-8-17(23)9-7-16/h6-9,14,18,29-30H,3,10-13H2,1-2,4-5H3,(H2,24,25,28)/t18-,22-/m1/s1. The van der Waals surface area contributed by atoms with Gasteiger partial charge in [0.25, 0.3) is 0 Å². The summed E-state index contributed by atoms with van der Waals surface area (Å²) in [4.78, 5) is 26.9. The fourth-order valence-electron chi connectivity index (χ4n) is 3.38. The van der Waals surface area contributed by atoms with E-state index in [2.05, 4.69) is 17.2 Å². The van der Waals surface area contributed by atoms with Gasteiger partial charge in [-0.2, -0.15) is 0 Å². The van der Waals surface area contributed by atoms with Gasteiger partial charge in [0.1, 0.15) is 11.6 Å². The van der Waals surface area contributed by atoms with Gasteiger partial charge in [0.05, 0.1) is 5.60 Å². The van der Waals surface area contributed by atoms with Gasteiger partial charge in [-0.1, -0.05) is 44.2 Å². The molecular formula is C22H32ClN3O4. The predicted molar refractivity (Wildman–Crippen MR) is 117 cm³/mol. The monoisotopic (exact) mass is 437 g/mol. The Morgan fingerprint density at radius 2 is 1.90 bits per heavy atom. The zero-order chi connectivity index (χ0) is 22.7.